The Bertz CT molecular complexity index is 696. The number of unbranched alkanes of at least 4 members (excludes halogenated alkanes) is 6. The number of phenols is 2. The van der Waals surface area contributed by atoms with Crippen LogP contribution in [0.15, 0.2) is 24.3 Å². The molecule has 0 saturated heterocycles. The molecule has 2 N–H and O–H groups in total. The van der Waals surface area contributed by atoms with Crippen molar-refractivity contribution < 1.29 is 10.2 Å². The Morgan fingerprint density at radius 2 is 0.964 bits per heavy atom. The molecule has 2 aromatic rings. The van der Waals surface area contributed by atoms with E-state index in [1.54, 1.807) is 0 Å². The van der Waals surface area contributed by atoms with Crippen molar-refractivity contribution in [3.63, 3.8) is 0 Å². The Morgan fingerprint density at radius 3 is 1.32 bits per heavy atom. The Labute approximate surface area is 171 Å². The van der Waals surface area contributed by atoms with Gasteiger partial charge in [0.05, 0.1) is 0 Å². The first-order valence-electron chi connectivity index (χ1n) is 11.1. The number of hydrogen-bond donors (Lipinski definition) is 2. The van der Waals surface area contributed by atoms with E-state index < -0.39 is 0 Å². The average molecular weight is 383 g/mol. The van der Waals surface area contributed by atoms with Crippen molar-refractivity contribution in [2.75, 3.05) is 0 Å². The molecule has 0 heterocycles. The fourth-order valence-electron chi connectivity index (χ4n) is 3.90. The predicted octanol–water partition coefficient (Wildman–Crippen LogP) is 7.63. The number of aromatic hydroxyl groups is 2. The maximum atomic E-state index is 10.5. The van der Waals surface area contributed by atoms with Gasteiger partial charge < -0.3 is 10.2 Å². The lowest BCUT2D eigenvalue weighted by atomic mass is 9.92. The molecule has 0 atom stereocenters. The molecular formula is C26H38O2. The van der Waals surface area contributed by atoms with Gasteiger partial charge in [-0.15, -0.1) is 0 Å². The van der Waals surface area contributed by atoms with Gasteiger partial charge in [-0.2, -0.15) is 0 Å². The number of hydrogen-bond acceptors (Lipinski definition) is 2. The van der Waals surface area contributed by atoms with Crippen molar-refractivity contribution in [1.29, 1.82) is 0 Å². The highest BCUT2D eigenvalue weighted by Crippen LogP contribution is 2.35. The standard InChI is InChI=1S/C26H38O2/c1-5-7-9-11-13-21-17-23(15-19(3)25(21)27)24-16-20(4)26(28)22(18-24)14-12-10-8-6-2/h15-18,27-28H,5-14H2,1-4H3. The van der Waals surface area contributed by atoms with Crippen LogP contribution in [0.1, 0.15) is 87.5 Å². The molecule has 2 nitrogen and oxygen atoms in total. The maximum absolute atomic E-state index is 10.5. The molecule has 154 valence electrons. The van der Waals surface area contributed by atoms with Crippen LogP contribution in [0.3, 0.4) is 0 Å². The molecular weight excluding hydrogens is 344 g/mol. The van der Waals surface area contributed by atoms with Crippen LogP contribution in [0, 0.1) is 13.8 Å². The second-order valence-corrected chi connectivity index (χ2v) is 8.22. The van der Waals surface area contributed by atoms with Crippen LogP contribution in [-0.2, 0) is 12.8 Å². The van der Waals surface area contributed by atoms with Crippen molar-refractivity contribution >= 4 is 0 Å². The topological polar surface area (TPSA) is 40.5 Å². The average Bonchev–Trinajstić information content (AvgIpc) is 2.68. The third-order valence-electron chi connectivity index (χ3n) is 5.69. The molecule has 2 rings (SSSR count). The second-order valence-electron chi connectivity index (χ2n) is 8.22. The largest absolute Gasteiger partial charge is 0.507 e. The van der Waals surface area contributed by atoms with Gasteiger partial charge in [-0.05, 0) is 97.2 Å². The van der Waals surface area contributed by atoms with Crippen molar-refractivity contribution in [3.05, 3.63) is 46.5 Å². The minimum absolute atomic E-state index is 0.440. The van der Waals surface area contributed by atoms with E-state index in [9.17, 15) is 10.2 Å². The van der Waals surface area contributed by atoms with Crippen LogP contribution < -0.4 is 0 Å². The van der Waals surface area contributed by atoms with Crippen LogP contribution in [0.5, 0.6) is 11.5 Å². The molecule has 28 heavy (non-hydrogen) atoms. The zero-order valence-electron chi connectivity index (χ0n) is 18.3. The van der Waals surface area contributed by atoms with Crippen LogP contribution in [0.4, 0.5) is 0 Å². The Kier molecular flexibility index (Phi) is 8.89. The highest BCUT2D eigenvalue weighted by molar-refractivity contribution is 5.70. The third kappa shape index (κ3) is 6.02. The summed E-state index contributed by atoms with van der Waals surface area (Å²) in [5.41, 5.74) is 6.22. The van der Waals surface area contributed by atoms with E-state index in [0.717, 1.165) is 59.1 Å². The Balaban J connectivity index is 2.27. The summed E-state index contributed by atoms with van der Waals surface area (Å²) in [7, 11) is 0. The molecule has 0 aliphatic rings. The van der Waals surface area contributed by atoms with Gasteiger partial charge in [-0.3, -0.25) is 0 Å². The van der Waals surface area contributed by atoms with Crippen molar-refractivity contribution in [2.24, 2.45) is 0 Å². The van der Waals surface area contributed by atoms with Crippen LogP contribution in [-0.4, -0.2) is 10.2 Å². The van der Waals surface area contributed by atoms with Gasteiger partial charge in [0.25, 0.3) is 0 Å². The number of rotatable bonds is 11. The monoisotopic (exact) mass is 382 g/mol. The molecule has 0 amide bonds. The normalized spacial score (nSPS) is 11.1. The Morgan fingerprint density at radius 1 is 0.571 bits per heavy atom. The fourth-order valence-corrected chi connectivity index (χ4v) is 3.90. The smallest absolute Gasteiger partial charge is 0.121 e. The van der Waals surface area contributed by atoms with E-state index in [4.69, 9.17) is 0 Å². The van der Waals surface area contributed by atoms with Gasteiger partial charge in [0.2, 0.25) is 0 Å². The first-order chi connectivity index (χ1) is 13.5. The zero-order chi connectivity index (χ0) is 20.5. The summed E-state index contributed by atoms with van der Waals surface area (Å²) in [5.74, 6) is 0.881. The van der Waals surface area contributed by atoms with E-state index in [1.165, 1.54) is 38.5 Å². The lowest BCUT2D eigenvalue weighted by Crippen LogP contribution is -1.94. The summed E-state index contributed by atoms with van der Waals surface area (Å²) in [6.45, 7) is 8.39. The van der Waals surface area contributed by atoms with Crippen molar-refractivity contribution in [2.45, 2.75) is 91.9 Å². The van der Waals surface area contributed by atoms with Gasteiger partial charge in [-0.25, -0.2) is 0 Å². The van der Waals surface area contributed by atoms with E-state index in [1.807, 2.05) is 13.8 Å². The molecule has 0 aromatic heterocycles. The van der Waals surface area contributed by atoms with Crippen molar-refractivity contribution in [1.82, 2.24) is 0 Å². The lowest BCUT2D eigenvalue weighted by molar-refractivity contribution is 0.461. The number of phenolic OH excluding ortho intramolecular Hbond substituents is 2. The summed E-state index contributed by atoms with van der Waals surface area (Å²) in [6, 6.07) is 8.41. The highest BCUT2D eigenvalue weighted by Gasteiger charge is 2.12. The maximum Gasteiger partial charge on any atom is 0.121 e. The van der Waals surface area contributed by atoms with Crippen LogP contribution in [0.2, 0.25) is 0 Å². The molecule has 0 spiro atoms. The van der Waals surface area contributed by atoms with Crippen LogP contribution >= 0.6 is 0 Å². The first-order valence-corrected chi connectivity index (χ1v) is 11.1. The predicted molar refractivity (Wildman–Crippen MR) is 120 cm³/mol. The molecule has 0 bridgehead atoms. The summed E-state index contributed by atoms with van der Waals surface area (Å²) < 4.78 is 0. The highest BCUT2D eigenvalue weighted by atomic mass is 16.3. The molecule has 2 aromatic carbocycles. The summed E-state index contributed by atoms with van der Waals surface area (Å²) >= 11 is 0. The van der Waals surface area contributed by atoms with Gasteiger partial charge in [-0.1, -0.05) is 52.4 Å². The molecule has 0 unspecified atom stereocenters. The first kappa shape index (κ1) is 22.3. The minimum Gasteiger partial charge on any atom is -0.507 e. The van der Waals surface area contributed by atoms with Crippen molar-refractivity contribution in [3.8, 4) is 22.6 Å². The molecule has 2 heteroatoms. The number of aryl methyl sites for hydroxylation is 4. The Hall–Kier alpha value is -1.96. The third-order valence-corrected chi connectivity index (χ3v) is 5.69. The van der Waals surface area contributed by atoms with Gasteiger partial charge in [0, 0.05) is 0 Å². The van der Waals surface area contributed by atoms with Gasteiger partial charge in [0.15, 0.2) is 0 Å². The zero-order valence-corrected chi connectivity index (χ0v) is 18.3. The van der Waals surface area contributed by atoms with E-state index >= 15 is 0 Å². The minimum atomic E-state index is 0.440. The molecule has 0 fully saturated rings. The molecule has 0 saturated carbocycles. The second kappa shape index (κ2) is 11.1. The van der Waals surface area contributed by atoms with E-state index in [0.29, 0.717) is 11.5 Å². The summed E-state index contributed by atoms with van der Waals surface area (Å²) in [6.07, 6.45) is 11.4. The summed E-state index contributed by atoms with van der Waals surface area (Å²) in [5, 5.41) is 21.0. The summed E-state index contributed by atoms with van der Waals surface area (Å²) in [4.78, 5) is 0. The van der Waals surface area contributed by atoms with Crippen LogP contribution in [0.25, 0.3) is 11.1 Å². The molecule has 0 aliphatic carbocycles. The number of benzene rings is 2. The fraction of sp³-hybridized carbons (Fsp3) is 0.538. The van der Waals surface area contributed by atoms with Gasteiger partial charge in [0.1, 0.15) is 11.5 Å². The quantitative estimate of drug-likeness (QED) is 0.392. The van der Waals surface area contributed by atoms with E-state index in [2.05, 4.69) is 38.1 Å². The van der Waals surface area contributed by atoms with E-state index in [-0.39, 0.29) is 0 Å². The molecule has 0 aliphatic heterocycles. The lowest BCUT2D eigenvalue weighted by Gasteiger charge is -2.14. The SMILES string of the molecule is CCCCCCc1cc(-c2cc(C)c(O)c(CCCCCC)c2)cc(C)c1O. The van der Waals surface area contributed by atoms with Gasteiger partial charge >= 0.3 is 0 Å². The molecule has 0 radical (unpaired) electrons.